The molecule has 0 aliphatic rings. The Hall–Kier alpha value is -1.71. The number of unbranched alkanes of at least 4 members (excludes halogenated alkanes) is 7. The van der Waals surface area contributed by atoms with E-state index in [1.807, 2.05) is 0 Å². The molecule has 0 saturated heterocycles. The van der Waals surface area contributed by atoms with Crippen LogP contribution in [0, 0.1) is 0 Å². The number of nitrogens with one attached hydrogen (secondary N) is 1. The third kappa shape index (κ3) is 15.8. The van der Waals surface area contributed by atoms with Gasteiger partial charge in [0.15, 0.2) is 0 Å². The van der Waals surface area contributed by atoms with Crippen molar-refractivity contribution in [1.82, 2.24) is 10.2 Å². The summed E-state index contributed by atoms with van der Waals surface area (Å²) in [4.78, 5) is 36.2. The van der Waals surface area contributed by atoms with Crippen LogP contribution in [0.5, 0.6) is 0 Å². The molecule has 0 aromatic carbocycles. The summed E-state index contributed by atoms with van der Waals surface area (Å²) in [5, 5.41) is 11.4. The Morgan fingerprint density at radius 1 is 0.828 bits per heavy atom. The molecule has 0 bridgehead atoms. The number of amides is 2. The molecular formula is C20H41N5O4. The molecule has 0 radical (unpaired) electrons. The van der Waals surface area contributed by atoms with Crippen LogP contribution in [-0.4, -0.2) is 66.6 Å². The molecule has 0 rings (SSSR count). The summed E-state index contributed by atoms with van der Waals surface area (Å²) in [7, 11) is 0. The molecule has 9 heteroatoms. The minimum absolute atomic E-state index is 0.0767. The second kappa shape index (κ2) is 18.3. The Bertz CT molecular complexity index is 456. The zero-order valence-corrected chi connectivity index (χ0v) is 17.7. The summed E-state index contributed by atoms with van der Waals surface area (Å²) in [6.07, 6.45) is 8.87. The predicted molar refractivity (Wildman–Crippen MR) is 114 cm³/mol. The molecule has 8 N–H and O–H groups in total. The fourth-order valence-electron chi connectivity index (χ4n) is 3.05. The van der Waals surface area contributed by atoms with Crippen LogP contribution in [-0.2, 0) is 14.4 Å². The molecule has 0 aromatic heterocycles. The number of aliphatic carboxylic acids is 1. The summed E-state index contributed by atoms with van der Waals surface area (Å²) in [5.74, 6) is -1.02. The SMILES string of the molecule is NCCN(CCN)C(=O)CCC(N)C(=O)NCCCCCCCCCCC(=O)O. The molecule has 29 heavy (non-hydrogen) atoms. The normalized spacial score (nSPS) is 11.8. The standard InChI is InChI=1S/C20H41N5O4/c21-12-15-25(16-13-22)18(26)11-10-17(23)20(29)24-14-8-6-4-2-1-3-5-7-9-19(27)28/h17H,1-16,21-23H2,(H,24,29)(H,27,28). The third-order valence-electron chi connectivity index (χ3n) is 4.77. The van der Waals surface area contributed by atoms with Gasteiger partial charge in [-0.15, -0.1) is 0 Å². The van der Waals surface area contributed by atoms with E-state index in [1.165, 1.54) is 0 Å². The van der Waals surface area contributed by atoms with Gasteiger partial charge in [-0.2, -0.15) is 0 Å². The van der Waals surface area contributed by atoms with Gasteiger partial charge in [0, 0.05) is 45.6 Å². The number of nitrogens with two attached hydrogens (primary N) is 3. The average Bonchev–Trinajstić information content (AvgIpc) is 2.69. The van der Waals surface area contributed by atoms with Gasteiger partial charge in [-0.25, -0.2) is 0 Å². The maximum absolute atomic E-state index is 12.1. The predicted octanol–water partition coefficient (Wildman–Crippen LogP) is 0.552. The summed E-state index contributed by atoms with van der Waals surface area (Å²) in [5.41, 5.74) is 16.9. The monoisotopic (exact) mass is 415 g/mol. The average molecular weight is 416 g/mol. The fourth-order valence-corrected chi connectivity index (χ4v) is 3.05. The summed E-state index contributed by atoms with van der Waals surface area (Å²) < 4.78 is 0. The highest BCUT2D eigenvalue weighted by Crippen LogP contribution is 2.09. The number of carboxylic acid groups (broad SMARTS) is 1. The molecule has 0 spiro atoms. The third-order valence-corrected chi connectivity index (χ3v) is 4.77. The van der Waals surface area contributed by atoms with Gasteiger partial charge in [0.1, 0.15) is 0 Å². The Morgan fingerprint density at radius 3 is 1.86 bits per heavy atom. The van der Waals surface area contributed by atoms with Crippen LogP contribution in [0.25, 0.3) is 0 Å². The highest BCUT2D eigenvalue weighted by atomic mass is 16.4. The van der Waals surface area contributed by atoms with Crippen LogP contribution in [0.15, 0.2) is 0 Å². The van der Waals surface area contributed by atoms with Gasteiger partial charge in [-0.05, 0) is 19.3 Å². The highest BCUT2D eigenvalue weighted by molar-refractivity contribution is 5.83. The molecule has 9 nitrogen and oxygen atoms in total. The lowest BCUT2D eigenvalue weighted by atomic mass is 10.1. The van der Waals surface area contributed by atoms with E-state index < -0.39 is 12.0 Å². The van der Waals surface area contributed by atoms with Gasteiger partial charge >= 0.3 is 5.97 Å². The smallest absolute Gasteiger partial charge is 0.303 e. The number of carbonyl (C=O) groups is 3. The quantitative estimate of drug-likeness (QED) is 0.192. The molecule has 0 aromatic rings. The number of nitrogens with zero attached hydrogens (tertiary/aromatic N) is 1. The molecule has 0 aliphatic carbocycles. The van der Waals surface area contributed by atoms with Crippen molar-refractivity contribution in [1.29, 1.82) is 0 Å². The maximum Gasteiger partial charge on any atom is 0.303 e. The second-order valence-electron chi connectivity index (χ2n) is 7.37. The number of carboxylic acids is 1. The lowest BCUT2D eigenvalue weighted by Crippen LogP contribution is -2.43. The molecule has 170 valence electrons. The van der Waals surface area contributed by atoms with Gasteiger partial charge in [0.2, 0.25) is 11.8 Å². The van der Waals surface area contributed by atoms with Crippen LogP contribution >= 0.6 is 0 Å². The first-order chi connectivity index (χ1) is 13.9. The lowest BCUT2D eigenvalue weighted by Gasteiger charge is -2.22. The van der Waals surface area contributed by atoms with Crippen molar-refractivity contribution in [3.8, 4) is 0 Å². The van der Waals surface area contributed by atoms with Crippen molar-refractivity contribution in [3.05, 3.63) is 0 Å². The molecule has 1 atom stereocenters. The van der Waals surface area contributed by atoms with Crippen LogP contribution < -0.4 is 22.5 Å². The zero-order valence-electron chi connectivity index (χ0n) is 17.7. The first-order valence-corrected chi connectivity index (χ1v) is 10.8. The zero-order chi connectivity index (χ0) is 21.9. The first-order valence-electron chi connectivity index (χ1n) is 10.8. The van der Waals surface area contributed by atoms with Crippen molar-refractivity contribution in [3.63, 3.8) is 0 Å². The summed E-state index contributed by atoms with van der Waals surface area (Å²) in [6, 6.07) is -0.692. The van der Waals surface area contributed by atoms with E-state index in [-0.39, 0.29) is 24.7 Å². The molecular weight excluding hydrogens is 374 g/mol. The topological polar surface area (TPSA) is 165 Å². The molecule has 0 saturated carbocycles. The van der Waals surface area contributed by atoms with E-state index in [2.05, 4.69) is 5.32 Å². The fraction of sp³-hybridized carbons (Fsp3) is 0.850. The summed E-state index contributed by atoms with van der Waals surface area (Å²) in [6.45, 7) is 2.26. The minimum Gasteiger partial charge on any atom is -0.481 e. The van der Waals surface area contributed by atoms with E-state index in [9.17, 15) is 14.4 Å². The summed E-state index contributed by atoms with van der Waals surface area (Å²) >= 11 is 0. The van der Waals surface area contributed by atoms with Gasteiger partial charge in [-0.3, -0.25) is 14.4 Å². The van der Waals surface area contributed by atoms with Crippen molar-refractivity contribution in [2.45, 2.75) is 76.7 Å². The van der Waals surface area contributed by atoms with E-state index in [0.717, 1.165) is 51.4 Å². The van der Waals surface area contributed by atoms with E-state index >= 15 is 0 Å². The largest absolute Gasteiger partial charge is 0.481 e. The highest BCUT2D eigenvalue weighted by Gasteiger charge is 2.17. The second-order valence-corrected chi connectivity index (χ2v) is 7.37. The van der Waals surface area contributed by atoms with Gasteiger partial charge in [-0.1, -0.05) is 38.5 Å². The number of carbonyl (C=O) groups excluding carboxylic acids is 2. The van der Waals surface area contributed by atoms with Crippen molar-refractivity contribution in [2.75, 3.05) is 32.7 Å². The Morgan fingerprint density at radius 2 is 1.34 bits per heavy atom. The molecule has 2 amide bonds. The number of hydrogen-bond acceptors (Lipinski definition) is 6. The molecule has 0 heterocycles. The van der Waals surface area contributed by atoms with Crippen molar-refractivity contribution >= 4 is 17.8 Å². The molecule has 1 unspecified atom stereocenters. The van der Waals surface area contributed by atoms with Crippen LogP contribution in [0.3, 0.4) is 0 Å². The Labute approximate surface area is 174 Å². The maximum atomic E-state index is 12.1. The number of rotatable bonds is 19. The van der Waals surface area contributed by atoms with Gasteiger partial charge < -0.3 is 32.5 Å². The Balaban J connectivity index is 3.69. The van der Waals surface area contributed by atoms with E-state index in [0.29, 0.717) is 39.1 Å². The van der Waals surface area contributed by atoms with Gasteiger partial charge in [0.25, 0.3) is 0 Å². The van der Waals surface area contributed by atoms with Crippen molar-refractivity contribution < 1.29 is 19.5 Å². The Kier molecular flexibility index (Phi) is 17.2. The minimum atomic E-state index is -0.724. The van der Waals surface area contributed by atoms with E-state index in [4.69, 9.17) is 22.3 Å². The van der Waals surface area contributed by atoms with Crippen LogP contribution in [0.2, 0.25) is 0 Å². The van der Waals surface area contributed by atoms with Crippen LogP contribution in [0.4, 0.5) is 0 Å². The first kappa shape index (κ1) is 27.3. The van der Waals surface area contributed by atoms with Crippen molar-refractivity contribution in [2.24, 2.45) is 17.2 Å². The van der Waals surface area contributed by atoms with Crippen LogP contribution in [0.1, 0.15) is 70.6 Å². The number of hydrogen-bond donors (Lipinski definition) is 5. The molecule has 0 fully saturated rings. The molecule has 0 aliphatic heterocycles. The van der Waals surface area contributed by atoms with Gasteiger partial charge in [0.05, 0.1) is 6.04 Å². The van der Waals surface area contributed by atoms with E-state index in [1.54, 1.807) is 4.90 Å². The lowest BCUT2D eigenvalue weighted by molar-refractivity contribution is -0.137.